The van der Waals surface area contributed by atoms with Gasteiger partial charge in [0.25, 0.3) is 0 Å². The minimum absolute atomic E-state index is 0.0343. The lowest BCUT2D eigenvalue weighted by molar-refractivity contribution is 0.174. The Hall–Kier alpha value is -0.910. The molecule has 2 rings (SSSR count). The SMILES string of the molecule is COCCCSCC(N)c1ccc2c(c1)OCO2. The van der Waals surface area contributed by atoms with Crippen LogP contribution in [0.4, 0.5) is 0 Å². The third-order valence-corrected chi connectivity index (χ3v) is 3.93. The Morgan fingerprint density at radius 2 is 2.22 bits per heavy atom. The van der Waals surface area contributed by atoms with Crippen LogP contribution in [0, 0.1) is 0 Å². The summed E-state index contributed by atoms with van der Waals surface area (Å²) in [7, 11) is 1.73. The Kier molecular flexibility index (Phi) is 5.16. The molecule has 1 aromatic rings. The van der Waals surface area contributed by atoms with E-state index < -0.39 is 0 Å². The molecule has 0 saturated heterocycles. The number of rotatable bonds is 7. The zero-order chi connectivity index (χ0) is 12.8. The van der Waals surface area contributed by atoms with E-state index in [2.05, 4.69) is 0 Å². The first kappa shape index (κ1) is 13.5. The van der Waals surface area contributed by atoms with Gasteiger partial charge in [0, 0.05) is 25.5 Å². The van der Waals surface area contributed by atoms with Gasteiger partial charge in [-0.2, -0.15) is 11.8 Å². The molecule has 1 aliphatic rings. The highest BCUT2D eigenvalue weighted by atomic mass is 32.2. The van der Waals surface area contributed by atoms with Crippen LogP contribution in [0.5, 0.6) is 11.5 Å². The maximum Gasteiger partial charge on any atom is 0.231 e. The molecule has 1 atom stereocenters. The largest absolute Gasteiger partial charge is 0.454 e. The van der Waals surface area contributed by atoms with Gasteiger partial charge in [-0.25, -0.2) is 0 Å². The van der Waals surface area contributed by atoms with E-state index in [9.17, 15) is 0 Å². The highest BCUT2D eigenvalue weighted by Crippen LogP contribution is 2.34. The monoisotopic (exact) mass is 269 g/mol. The Labute approximate surface area is 112 Å². The molecule has 1 heterocycles. The molecule has 1 aromatic carbocycles. The Morgan fingerprint density at radius 1 is 1.39 bits per heavy atom. The predicted molar refractivity (Wildman–Crippen MR) is 73.3 cm³/mol. The van der Waals surface area contributed by atoms with Crippen molar-refractivity contribution in [3.63, 3.8) is 0 Å². The number of methoxy groups -OCH3 is 1. The first-order valence-electron chi connectivity index (χ1n) is 6.03. The van der Waals surface area contributed by atoms with E-state index in [1.165, 1.54) is 0 Å². The second-order valence-electron chi connectivity index (χ2n) is 4.14. The lowest BCUT2D eigenvalue weighted by Crippen LogP contribution is -2.13. The number of nitrogens with two attached hydrogens (primary N) is 1. The third-order valence-electron chi connectivity index (χ3n) is 2.76. The van der Waals surface area contributed by atoms with Gasteiger partial charge < -0.3 is 19.9 Å². The molecule has 0 saturated carbocycles. The van der Waals surface area contributed by atoms with E-state index in [-0.39, 0.29) is 6.04 Å². The second-order valence-corrected chi connectivity index (χ2v) is 5.29. The van der Waals surface area contributed by atoms with Crippen LogP contribution in [-0.4, -0.2) is 32.0 Å². The normalized spacial score (nSPS) is 14.8. The fourth-order valence-corrected chi connectivity index (χ4v) is 2.69. The van der Waals surface area contributed by atoms with Gasteiger partial charge in [0.15, 0.2) is 11.5 Å². The van der Waals surface area contributed by atoms with E-state index in [0.29, 0.717) is 6.79 Å². The number of thioether (sulfide) groups is 1. The summed E-state index contributed by atoms with van der Waals surface area (Å²) in [5.74, 6) is 3.58. The highest BCUT2D eigenvalue weighted by molar-refractivity contribution is 7.99. The summed E-state index contributed by atoms with van der Waals surface area (Å²) >= 11 is 1.85. The molecule has 0 amide bonds. The molecule has 0 aromatic heterocycles. The van der Waals surface area contributed by atoms with Crippen LogP contribution in [0.2, 0.25) is 0 Å². The molecular formula is C13H19NO3S. The van der Waals surface area contributed by atoms with Gasteiger partial charge in [0.1, 0.15) is 0 Å². The fraction of sp³-hybridized carbons (Fsp3) is 0.538. The smallest absolute Gasteiger partial charge is 0.231 e. The van der Waals surface area contributed by atoms with Crippen LogP contribution in [0.1, 0.15) is 18.0 Å². The molecule has 18 heavy (non-hydrogen) atoms. The maximum atomic E-state index is 6.16. The summed E-state index contributed by atoms with van der Waals surface area (Å²) in [6.07, 6.45) is 1.06. The van der Waals surface area contributed by atoms with Crippen molar-refractivity contribution in [3.8, 4) is 11.5 Å². The van der Waals surface area contributed by atoms with Gasteiger partial charge in [-0.1, -0.05) is 6.07 Å². The number of hydrogen-bond donors (Lipinski definition) is 1. The first-order chi connectivity index (χ1) is 8.81. The lowest BCUT2D eigenvalue weighted by atomic mass is 10.1. The highest BCUT2D eigenvalue weighted by Gasteiger charge is 2.15. The van der Waals surface area contributed by atoms with Crippen molar-refractivity contribution >= 4 is 11.8 Å². The van der Waals surface area contributed by atoms with Gasteiger partial charge >= 0.3 is 0 Å². The van der Waals surface area contributed by atoms with Crippen molar-refractivity contribution < 1.29 is 14.2 Å². The molecule has 100 valence electrons. The van der Waals surface area contributed by atoms with Crippen molar-refractivity contribution in [1.29, 1.82) is 0 Å². The quantitative estimate of drug-likeness (QED) is 0.769. The molecule has 2 N–H and O–H groups in total. The Morgan fingerprint density at radius 3 is 3.06 bits per heavy atom. The zero-order valence-corrected chi connectivity index (χ0v) is 11.4. The Balaban J connectivity index is 1.80. The molecule has 0 aliphatic carbocycles. The number of benzene rings is 1. The number of ether oxygens (including phenoxy) is 3. The molecule has 4 nitrogen and oxygen atoms in total. The van der Waals surface area contributed by atoms with Gasteiger partial charge in [0.05, 0.1) is 0 Å². The van der Waals surface area contributed by atoms with Crippen molar-refractivity contribution in [2.24, 2.45) is 5.73 Å². The van der Waals surface area contributed by atoms with Crippen LogP contribution < -0.4 is 15.2 Å². The summed E-state index contributed by atoms with van der Waals surface area (Å²) in [6.45, 7) is 1.12. The molecule has 1 aliphatic heterocycles. The van der Waals surface area contributed by atoms with Crippen LogP contribution in [0.15, 0.2) is 18.2 Å². The lowest BCUT2D eigenvalue weighted by Gasteiger charge is -2.12. The molecule has 1 unspecified atom stereocenters. The summed E-state index contributed by atoms with van der Waals surface area (Å²) < 4.78 is 15.6. The van der Waals surface area contributed by atoms with Gasteiger partial charge in [0.2, 0.25) is 6.79 Å². The second kappa shape index (κ2) is 6.87. The molecule has 0 fully saturated rings. The topological polar surface area (TPSA) is 53.7 Å². The molecule has 5 heteroatoms. The molecular weight excluding hydrogens is 250 g/mol. The van der Waals surface area contributed by atoms with Crippen LogP contribution in [0.3, 0.4) is 0 Å². The molecule has 0 bridgehead atoms. The zero-order valence-electron chi connectivity index (χ0n) is 10.6. The van der Waals surface area contributed by atoms with E-state index in [1.807, 2.05) is 30.0 Å². The van der Waals surface area contributed by atoms with Crippen LogP contribution >= 0.6 is 11.8 Å². The van der Waals surface area contributed by atoms with Crippen molar-refractivity contribution in [1.82, 2.24) is 0 Å². The first-order valence-corrected chi connectivity index (χ1v) is 7.18. The van der Waals surface area contributed by atoms with E-state index in [0.717, 1.165) is 41.6 Å². The molecule has 0 spiro atoms. The van der Waals surface area contributed by atoms with Gasteiger partial charge in [-0.15, -0.1) is 0 Å². The van der Waals surface area contributed by atoms with E-state index in [1.54, 1.807) is 7.11 Å². The summed E-state index contributed by atoms with van der Waals surface area (Å²) in [5, 5.41) is 0. The minimum Gasteiger partial charge on any atom is -0.454 e. The van der Waals surface area contributed by atoms with E-state index in [4.69, 9.17) is 19.9 Å². The summed E-state index contributed by atoms with van der Waals surface area (Å²) in [6, 6.07) is 5.94. The average molecular weight is 269 g/mol. The maximum absolute atomic E-state index is 6.16. The molecule has 0 radical (unpaired) electrons. The predicted octanol–water partition coefficient (Wildman–Crippen LogP) is 2.18. The number of hydrogen-bond acceptors (Lipinski definition) is 5. The summed E-state index contributed by atoms with van der Waals surface area (Å²) in [5.41, 5.74) is 7.25. The standard InChI is InChI=1S/C13H19NO3S/c1-15-5-2-6-18-8-11(14)10-3-4-12-13(7-10)17-9-16-12/h3-4,7,11H,2,5-6,8-9,14H2,1H3. The van der Waals surface area contributed by atoms with Crippen molar-refractivity contribution in [3.05, 3.63) is 23.8 Å². The van der Waals surface area contributed by atoms with Crippen LogP contribution in [-0.2, 0) is 4.74 Å². The third kappa shape index (κ3) is 3.54. The van der Waals surface area contributed by atoms with Crippen molar-refractivity contribution in [2.45, 2.75) is 12.5 Å². The van der Waals surface area contributed by atoms with Crippen molar-refractivity contribution in [2.75, 3.05) is 32.0 Å². The van der Waals surface area contributed by atoms with Crippen LogP contribution in [0.25, 0.3) is 0 Å². The fourth-order valence-electron chi connectivity index (χ4n) is 1.76. The van der Waals surface area contributed by atoms with Gasteiger partial charge in [-0.3, -0.25) is 0 Å². The summed E-state index contributed by atoms with van der Waals surface area (Å²) in [4.78, 5) is 0. The van der Waals surface area contributed by atoms with E-state index >= 15 is 0 Å². The van der Waals surface area contributed by atoms with Gasteiger partial charge in [-0.05, 0) is 29.9 Å². The minimum atomic E-state index is 0.0343. The average Bonchev–Trinajstić information content (AvgIpc) is 2.85. The number of fused-ring (bicyclic) bond motifs is 1. The Bertz CT molecular complexity index is 386.